The summed E-state index contributed by atoms with van der Waals surface area (Å²) in [6.45, 7) is 10.8. The minimum atomic E-state index is 0.277. The molecule has 3 unspecified atom stereocenters. The first-order valence-electron chi connectivity index (χ1n) is 8.91. The zero-order valence-corrected chi connectivity index (χ0v) is 14.8. The maximum absolute atomic E-state index is 5.98. The Morgan fingerprint density at radius 1 is 1.32 bits per heavy atom. The Kier molecular flexibility index (Phi) is 6.96. The molecular weight excluding hydrogens is 276 g/mol. The van der Waals surface area contributed by atoms with Gasteiger partial charge in [-0.2, -0.15) is 0 Å². The first-order chi connectivity index (χ1) is 10.6. The number of nitrogens with one attached hydrogen (secondary N) is 2. The molecule has 0 aromatic carbocycles. The van der Waals surface area contributed by atoms with Gasteiger partial charge in [-0.25, -0.2) is 0 Å². The van der Waals surface area contributed by atoms with E-state index in [1.54, 1.807) is 0 Å². The van der Waals surface area contributed by atoms with E-state index in [1.165, 1.54) is 32.2 Å². The molecular formula is C17H34N4O. The average molecular weight is 310 g/mol. The zero-order valence-electron chi connectivity index (χ0n) is 14.8. The normalized spacial score (nSPS) is 27.8. The third-order valence-corrected chi connectivity index (χ3v) is 4.74. The van der Waals surface area contributed by atoms with Gasteiger partial charge in [0, 0.05) is 32.2 Å². The highest BCUT2D eigenvalue weighted by Gasteiger charge is 2.32. The van der Waals surface area contributed by atoms with Crippen LogP contribution in [0.4, 0.5) is 0 Å². The first-order valence-corrected chi connectivity index (χ1v) is 8.91. The van der Waals surface area contributed by atoms with Crippen molar-refractivity contribution in [2.75, 3.05) is 33.3 Å². The molecule has 0 spiro atoms. The summed E-state index contributed by atoms with van der Waals surface area (Å²) >= 11 is 0. The molecule has 0 aliphatic carbocycles. The van der Waals surface area contributed by atoms with E-state index >= 15 is 0 Å². The number of nitrogens with zero attached hydrogens (tertiary/aromatic N) is 2. The molecule has 2 aliphatic rings. The van der Waals surface area contributed by atoms with E-state index in [1.807, 2.05) is 7.05 Å². The van der Waals surface area contributed by atoms with E-state index in [0.29, 0.717) is 12.1 Å². The van der Waals surface area contributed by atoms with Crippen molar-refractivity contribution in [1.82, 2.24) is 15.5 Å². The molecule has 2 heterocycles. The molecule has 2 aliphatic heterocycles. The van der Waals surface area contributed by atoms with Crippen LogP contribution in [0, 0.1) is 5.92 Å². The molecule has 5 heteroatoms. The molecule has 2 rings (SSSR count). The van der Waals surface area contributed by atoms with Crippen LogP contribution >= 0.6 is 0 Å². The van der Waals surface area contributed by atoms with Crippen LogP contribution in [-0.4, -0.2) is 62.3 Å². The van der Waals surface area contributed by atoms with Crippen molar-refractivity contribution in [3.63, 3.8) is 0 Å². The van der Waals surface area contributed by atoms with Gasteiger partial charge in [0.2, 0.25) is 0 Å². The second kappa shape index (κ2) is 8.73. The highest BCUT2D eigenvalue weighted by Crippen LogP contribution is 2.22. The molecule has 2 N–H and O–H groups in total. The van der Waals surface area contributed by atoms with Crippen LogP contribution in [0.25, 0.3) is 0 Å². The molecule has 0 amide bonds. The molecule has 0 aromatic rings. The molecule has 5 nitrogen and oxygen atoms in total. The lowest BCUT2D eigenvalue weighted by molar-refractivity contribution is -0.0453. The predicted molar refractivity (Wildman–Crippen MR) is 92.4 cm³/mol. The Morgan fingerprint density at radius 2 is 2.14 bits per heavy atom. The Labute approximate surface area is 135 Å². The fourth-order valence-electron chi connectivity index (χ4n) is 3.30. The number of guanidine groups is 1. The van der Waals surface area contributed by atoms with E-state index in [0.717, 1.165) is 31.6 Å². The van der Waals surface area contributed by atoms with E-state index in [9.17, 15) is 0 Å². The Morgan fingerprint density at radius 3 is 2.86 bits per heavy atom. The molecule has 0 aromatic heterocycles. The van der Waals surface area contributed by atoms with Crippen LogP contribution in [0.3, 0.4) is 0 Å². The second-order valence-corrected chi connectivity index (χ2v) is 7.22. The maximum Gasteiger partial charge on any atom is 0.191 e. The highest BCUT2D eigenvalue weighted by atomic mass is 16.5. The Bertz CT molecular complexity index is 359. The van der Waals surface area contributed by atoms with E-state index in [-0.39, 0.29) is 6.10 Å². The summed E-state index contributed by atoms with van der Waals surface area (Å²) in [6.07, 6.45) is 5.32. The van der Waals surface area contributed by atoms with Crippen LogP contribution in [0.2, 0.25) is 0 Å². The number of hydrogen-bond donors (Lipinski definition) is 2. The minimum Gasteiger partial charge on any atom is -0.373 e. The lowest BCUT2D eigenvalue weighted by Gasteiger charge is -2.35. The van der Waals surface area contributed by atoms with Crippen molar-refractivity contribution in [1.29, 1.82) is 0 Å². The summed E-state index contributed by atoms with van der Waals surface area (Å²) in [5.41, 5.74) is 0. The summed E-state index contributed by atoms with van der Waals surface area (Å²) in [6, 6.07) is 1.12. The number of hydrogen-bond acceptors (Lipinski definition) is 3. The number of rotatable bonds is 6. The number of aliphatic imine (C=N–C) groups is 1. The summed E-state index contributed by atoms with van der Waals surface area (Å²) in [7, 11) is 1.84. The fourth-order valence-corrected chi connectivity index (χ4v) is 3.30. The van der Waals surface area contributed by atoms with Gasteiger partial charge in [0.1, 0.15) is 0 Å². The van der Waals surface area contributed by atoms with Gasteiger partial charge in [0.05, 0.1) is 12.7 Å². The van der Waals surface area contributed by atoms with E-state index in [4.69, 9.17) is 4.74 Å². The number of fused-ring (bicyclic) bond motifs is 1. The summed E-state index contributed by atoms with van der Waals surface area (Å²) < 4.78 is 5.98. The SMILES string of the molecule is CN=C(NCC1CN2CCCC2CO1)NC(C)CCC(C)C. The standard InChI is InChI=1S/C17H34N4O/c1-13(2)7-8-14(3)20-17(18-4)19-10-16-11-21-9-5-6-15(21)12-22-16/h13-16H,5-12H2,1-4H3,(H2,18,19,20). The van der Waals surface area contributed by atoms with Crippen LogP contribution < -0.4 is 10.6 Å². The van der Waals surface area contributed by atoms with Gasteiger partial charge >= 0.3 is 0 Å². The molecule has 2 fully saturated rings. The minimum absolute atomic E-state index is 0.277. The lowest BCUT2D eigenvalue weighted by atomic mass is 10.0. The monoisotopic (exact) mass is 310 g/mol. The van der Waals surface area contributed by atoms with Gasteiger partial charge in [-0.3, -0.25) is 9.89 Å². The molecule has 0 bridgehead atoms. The largest absolute Gasteiger partial charge is 0.373 e. The Hall–Kier alpha value is -0.810. The molecule has 0 radical (unpaired) electrons. The number of morpholine rings is 1. The Balaban J connectivity index is 1.67. The smallest absolute Gasteiger partial charge is 0.191 e. The van der Waals surface area contributed by atoms with Crippen molar-refractivity contribution < 1.29 is 4.74 Å². The molecule has 22 heavy (non-hydrogen) atoms. The van der Waals surface area contributed by atoms with Crippen molar-refractivity contribution >= 4 is 5.96 Å². The van der Waals surface area contributed by atoms with Gasteiger partial charge in [0.15, 0.2) is 5.96 Å². The van der Waals surface area contributed by atoms with Crippen molar-refractivity contribution in [2.24, 2.45) is 10.9 Å². The summed E-state index contributed by atoms with van der Waals surface area (Å²) in [5.74, 6) is 1.65. The van der Waals surface area contributed by atoms with Crippen LogP contribution in [-0.2, 0) is 4.74 Å². The van der Waals surface area contributed by atoms with E-state index in [2.05, 4.69) is 41.3 Å². The predicted octanol–water partition coefficient (Wildman–Crippen LogP) is 1.84. The second-order valence-electron chi connectivity index (χ2n) is 7.22. The van der Waals surface area contributed by atoms with Gasteiger partial charge < -0.3 is 15.4 Å². The van der Waals surface area contributed by atoms with Gasteiger partial charge in [-0.05, 0) is 45.1 Å². The fraction of sp³-hybridized carbons (Fsp3) is 0.941. The molecule has 2 saturated heterocycles. The molecule has 128 valence electrons. The van der Waals surface area contributed by atoms with Gasteiger partial charge in [-0.1, -0.05) is 13.8 Å². The van der Waals surface area contributed by atoms with Crippen molar-refractivity contribution in [3.05, 3.63) is 0 Å². The average Bonchev–Trinajstić information content (AvgIpc) is 2.96. The molecule has 3 atom stereocenters. The number of ether oxygens (including phenoxy) is 1. The van der Waals surface area contributed by atoms with Gasteiger partial charge in [-0.15, -0.1) is 0 Å². The van der Waals surface area contributed by atoms with Crippen molar-refractivity contribution in [2.45, 2.75) is 64.6 Å². The van der Waals surface area contributed by atoms with Crippen LogP contribution in [0.15, 0.2) is 4.99 Å². The van der Waals surface area contributed by atoms with Crippen LogP contribution in [0.1, 0.15) is 46.5 Å². The molecule has 0 saturated carbocycles. The third-order valence-electron chi connectivity index (χ3n) is 4.74. The quantitative estimate of drug-likeness (QED) is 0.580. The van der Waals surface area contributed by atoms with E-state index < -0.39 is 0 Å². The zero-order chi connectivity index (χ0) is 15.9. The maximum atomic E-state index is 5.98. The summed E-state index contributed by atoms with van der Waals surface area (Å²) in [4.78, 5) is 6.91. The van der Waals surface area contributed by atoms with Crippen LogP contribution in [0.5, 0.6) is 0 Å². The highest BCUT2D eigenvalue weighted by molar-refractivity contribution is 5.79. The lowest BCUT2D eigenvalue weighted by Crippen LogP contribution is -2.52. The van der Waals surface area contributed by atoms with Crippen molar-refractivity contribution in [3.8, 4) is 0 Å². The first kappa shape index (κ1) is 17.5. The summed E-state index contributed by atoms with van der Waals surface area (Å²) in [5, 5.41) is 6.90. The van der Waals surface area contributed by atoms with Gasteiger partial charge in [0.25, 0.3) is 0 Å². The third kappa shape index (κ3) is 5.43. The topological polar surface area (TPSA) is 48.9 Å².